The molecule has 27 heavy (non-hydrogen) atoms. The molecule has 11 heteroatoms. The van der Waals surface area contributed by atoms with Gasteiger partial charge >= 0.3 is 5.97 Å². The highest BCUT2D eigenvalue weighted by molar-refractivity contribution is 9.11. The minimum atomic E-state index is -0.555. The number of hydrogen-bond donors (Lipinski definition) is 2. The summed E-state index contributed by atoms with van der Waals surface area (Å²) in [5.41, 5.74) is -0.0848. The summed E-state index contributed by atoms with van der Waals surface area (Å²) in [5.74, 6) is -0.455. The number of aromatic nitrogens is 3. The minimum Gasteiger partial charge on any atom is -0.506 e. The average Bonchev–Trinajstić information content (AvgIpc) is 2.57. The van der Waals surface area contributed by atoms with E-state index in [1.165, 1.54) is 6.21 Å². The fourth-order valence-electron chi connectivity index (χ4n) is 2.04. The second-order valence-corrected chi connectivity index (χ2v) is 7.86. The number of phenols is 1. The number of hydrogen-bond acceptors (Lipinski definition) is 7. The summed E-state index contributed by atoms with van der Waals surface area (Å²) in [6.07, 6.45) is 1.16. The average molecular weight is 520 g/mol. The Morgan fingerprint density at radius 1 is 1.48 bits per heavy atom. The van der Waals surface area contributed by atoms with Crippen LogP contribution in [0.4, 0.5) is 0 Å². The summed E-state index contributed by atoms with van der Waals surface area (Å²) < 4.78 is 7.14. The Balaban J connectivity index is 2.29. The summed E-state index contributed by atoms with van der Waals surface area (Å²) in [5, 5.41) is 20.5. The molecule has 0 bridgehead atoms. The third kappa shape index (κ3) is 5.81. The predicted molar refractivity (Wildman–Crippen MR) is 110 cm³/mol. The van der Waals surface area contributed by atoms with E-state index in [0.717, 1.165) is 4.68 Å². The summed E-state index contributed by atoms with van der Waals surface area (Å²) in [6, 6.07) is 3.30. The maximum Gasteiger partial charge on any atom is 0.306 e. The van der Waals surface area contributed by atoms with Crippen molar-refractivity contribution in [1.82, 2.24) is 14.9 Å². The first-order valence-corrected chi connectivity index (χ1v) is 9.81. The van der Waals surface area contributed by atoms with Gasteiger partial charge in [0.2, 0.25) is 4.77 Å². The van der Waals surface area contributed by atoms with Crippen LogP contribution in [0.2, 0.25) is 0 Å². The van der Waals surface area contributed by atoms with Gasteiger partial charge in [0, 0.05) is 16.5 Å². The lowest BCUT2D eigenvalue weighted by Gasteiger charge is -2.07. The minimum absolute atomic E-state index is 0.00805. The first kappa shape index (κ1) is 21.5. The van der Waals surface area contributed by atoms with Crippen molar-refractivity contribution in [2.75, 3.05) is 0 Å². The highest BCUT2D eigenvalue weighted by atomic mass is 79.9. The number of carbonyl (C=O) groups is 1. The van der Waals surface area contributed by atoms with E-state index in [-0.39, 0.29) is 35.2 Å². The quantitative estimate of drug-likeness (QED) is 0.344. The number of nitrogens with zero attached hydrogens (tertiary/aromatic N) is 3. The van der Waals surface area contributed by atoms with Crippen LogP contribution >= 0.6 is 44.1 Å². The number of aryl methyl sites for hydroxylation is 1. The lowest BCUT2D eigenvalue weighted by atomic mass is 10.2. The molecule has 2 rings (SSSR count). The van der Waals surface area contributed by atoms with Crippen molar-refractivity contribution in [3.05, 3.63) is 47.5 Å². The second kappa shape index (κ2) is 9.38. The molecule has 1 aromatic heterocycles. The number of aromatic hydroxyl groups is 1. The Hall–Kier alpha value is -1.85. The van der Waals surface area contributed by atoms with E-state index >= 15 is 0 Å². The maximum atomic E-state index is 12.5. The van der Waals surface area contributed by atoms with Crippen LogP contribution in [0.1, 0.15) is 31.5 Å². The summed E-state index contributed by atoms with van der Waals surface area (Å²) in [7, 11) is 0. The molecule has 1 heterocycles. The molecule has 0 radical (unpaired) electrons. The maximum absolute atomic E-state index is 12.5. The smallest absolute Gasteiger partial charge is 0.306 e. The molecule has 8 nitrogen and oxygen atoms in total. The van der Waals surface area contributed by atoms with Crippen molar-refractivity contribution in [3.8, 4) is 5.75 Å². The van der Waals surface area contributed by atoms with Crippen LogP contribution < -0.4 is 5.56 Å². The highest BCUT2D eigenvalue weighted by Crippen LogP contribution is 2.30. The summed E-state index contributed by atoms with van der Waals surface area (Å²) in [4.78, 5) is 24.2. The fraction of sp³-hybridized carbons (Fsp3) is 0.312. The third-order valence-electron chi connectivity index (χ3n) is 3.22. The number of aromatic amines is 1. The van der Waals surface area contributed by atoms with Crippen LogP contribution in [0.25, 0.3) is 0 Å². The zero-order valence-electron chi connectivity index (χ0n) is 14.4. The zero-order valence-corrected chi connectivity index (χ0v) is 18.4. The number of halogens is 2. The van der Waals surface area contributed by atoms with Crippen molar-refractivity contribution in [2.24, 2.45) is 5.10 Å². The molecular weight excluding hydrogens is 504 g/mol. The first-order valence-electron chi connectivity index (χ1n) is 7.81. The van der Waals surface area contributed by atoms with Crippen molar-refractivity contribution in [3.63, 3.8) is 0 Å². The van der Waals surface area contributed by atoms with Crippen molar-refractivity contribution in [1.29, 1.82) is 0 Å². The van der Waals surface area contributed by atoms with Gasteiger partial charge in [0.1, 0.15) is 11.4 Å². The molecule has 0 saturated heterocycles. The van der Waals surface area contributed by atoms with Crippen LogP contribution in [-0.4, -0.2) is 38.3 Å². The molecule has 2 N–H and O–H groups in total. The van der Waals surface area contributed by atoms with Crippen molar-refractivity contribution in [2.45, 2.75) is 32.8 Å². The molecule has 0 unspecified atom stereocenters. The number of nitrogens with one attached hydrogen (secondary N) is 1. The molecular formula is C16H16Br2N4O4S. The number of carbonyl (C=O) groups excluding carboxylic acids is 1. The molecule has 0 aliphatic carbocycles. The van der Waals surface area contributed by atoms with E-state index in [1.54, 1.807) is 26.0 Å². The first-order chi connectivity index (χ1) is 12.7. The number of phenolic OH excluding ortho intramolecular Hbond substituents is 1. The van der Waals surface area contributed by atoms with Crippen LogP contribution in [0.3, 0.4) is 0 Å². The molecule has 0 atom stereocenters. The van der Waals surface area contributed by atoms with E-state index in [1.807, 2.05) is 0 Å². The third-order valence-corrected chi connectivity index (χ3v) is 4.55. The van der Waals surface area contributed by atoms with Gasteiger partial charge in [-0.25, -0.2) is 0 Å². The molecule has 0 amide bonds. The van der Waals surface area contributed by atoms with Crippen molar-refractivity contribution < 1.29 is 14.6 Å². The molecule has 144 valence electrons. The number of benzene rings is 1. The van der Waals surface area contributed by atoms with E-state index in [2.05, 4.69) is 47.2 Å². The second-order valence-electron chi connectivity index (χ2n) is 5.70. The lowest BCUT2D eigenvalue weighted by molar-refractivity contribution is -0.147. The van der Waals surface area contributed by atoms with Gasteiger partial charge in [0.15, 0.2) is 0 Å². The Morgan fingerprint density at radius 2 is 2.19 bits per heavy atom. The summed E-state index contributed by atoms with van der Waals surface area (Å²) >= 11 is 11.6. The van der Waals surface area contributed by atoms with Crippen LogP contribution in [0.15, 0.2) is 31.0 Å². The monoisotopic (exact) mass is 518 g/mol. The normalized spacial score (nSPS) is 11.3. The van der Waals surface area contributed by atoms with Gasteiger partial charge < -0.3 is 9.84 Å². The van der Waals surface area contributed by atoms with Gasteiger partial charge in [0.05, 0.1) is 23.2 Å². The Kier molecular flexibility index (Phi) is 7.45. The Morgan fingerprint density at radius 3 is 2.85 bits per heavy atom. The van der Waals surface area contributed by atoms with Crippen LogP contribution in [0.5, 0.6) is 5.75 Å². The number of rotatable bonds is 6. The lowest BCUT2D eigenvalue weighted by Crippen LogP contribution is -2.25. The molecule has 0 saturated carbocycles. The predicted octanol–water partition coefficient (Wildman–Crippen LogP) is 3.30. The van der Waals surface area contributed by atoms with Gasteiger partial charge in [-0.1, -0.05) is 15.9 Å². The van der Waals surface area contributed by atoms with Gasteiger partial charge in [-0.05, 0) is 54.1 Å². The number of H-pyrrole nitrogens is 1. The summed E-state index contributed by atoms with van der Waals surface area (Å²) in [6.45, 7) is 3.49. The van der Waals surface area contributed by atoms with E-state index in [0.29, 0.717) is 14.5 Å². The molecule has 0 fully saturated rings. The standard InChI is InChI=1S/C16H16Br2N4O4S/c1-8(2)26-13(23)4-3-12-15(25)22(16(27)21-20-12)19-7-9-5-10(17)6-11(18)14(9)24/h5-8,24H,3-4H2,1-2H3,(H,21,27)/b19-7-. The zero-order chi connectivity index (χ0) is 20.1. The Bertz CT molecular complexity index is 1000. The van der Waals surface area contributed by atoms with E-state index in [4.69, 9.17) is 17.0 Å². The van der Waals surface area contributed by atoms with E-state index < -0.39 is 11.5 Å². The topological polar surface area (TPSA) is 110 Å². The van der Waals surface area contributed by atoms with Crippen LogP contribution in [-0.2, 0) is 16.0 Å². The van der Waals surface area contributed by atoms with Gasteiger partial charge in [0.25, 0.3) is 5.56 Å². The SMILES string of the molecule is CC(C)OC(=O)CCc1n[nH]c(=S)n(/N=C\c2cc(Br)cc(Br)c2O)c1=O. The molecule has 0 aliphatic rings. The fourth-order valence-corrected chi connectivity index (χ4v) is 3.47. The van der Waals surface area contributed by atoms with Gasteiger partial charge in [-0.2, -0.15) is 14.9 Å². The number of ether oxygens (including phenoxy) is 1. The Labute approximate surface area is 176 Å². The molecule has 0 aliphatic heterocycles. The van der Waals surface area contributed by atoms with Gasteiger partial charge in [-0.15, -0.1) is 0 Å². The van der Waals surface area contributed by atoms with E-state index in [9.17, 15) is 14.7 Å². The highest BCUT2D eigenvalue weighted by Gasteiger charge is 2.12. The van der Waals surface area contributed by atoms with Crippen molar-refractivity contribution >= 4 is 56.3 Å². The molecule has 2 aromatic rings. The van der Waals surface area contributed by atoms with Gasteiger partial charge in [-0.3, -0.25) is 14.7 Å². The molecule has 1 aromatic carbocycles. The van der Waals surface area contributed by atoms with Crippen LogP contribution in [0, 0.1) is 4.77 Å². The number of esters is 1. The molecule has 0 spiro atoms. The largest absolute Gasteiger partial charge is 0.506 e.